The molecule has 0 radical (unpaired) electrons. The number of nitrogens with one attached hydrogen (secondary N) is 2. The summed E-state index contributed by atoms with van der Waals surface area (Å²) in [6.07, 6.45) is -0.730. The minimum atomic E-state index is -3.81. The Labute approximate surface area is 193 Å². The van der Waals surface area contributed by atoms with Crippen molar-refractivity contribution >= 4 is 38.9 Å². The number of aryl methyl sites for hydroxylation is 3. The van der Waals surface area contributed by atoms with Crippen LogP contribution in [0.15, 0.2) is 65.6 Å². The van der Waals surface area contributed by atoms with Gasteiger partial charge in [0.2, 0.25) is 0 Å². The second kappa shape index (κ2) is 9.63. The number of sulfonamides is 1. The monoisotopic (exact) mass is 472 g/mol. The lowest BCUT2D eigenvalue weighted by molar-refractivity contribution is -0.122. The summed E-state index contributed by atoms with van der Waals surface area (Å²) >= 11 is 5.97. The number of hydrogen-bond acceptors (Lipinski definition) is 4. The van der Waals surface area contributed by atoms with Gasteiger partial charge in [-0.1, -0.05) is 23.7 Å². The van der Waals surface area contributed by atoms with Gasteiger partial charge in [-0.15, -0.1) is 0 Å². The molecule has 168 valence electrons. The van der Waals surface area contributed by atoms with E-state index in [4.69, 9.17) is 16.3 Å². The molecule has 3 rings (SSSR count). The molecule has 0 saturated carbocycles. The second-order valence-corrected chi connectivity index (χ2v) is 9.78. The Bertz CT molecular complexity index is 1220. The Kier molecular flexibility index (Phi) is 7.11. The number of carbonyl (C=O) groups excluding carboxylic acids is 1. The van der Waals surface area contributed by atoms with Gasteiger partial charge < -0.3 is 10.1 Å². The predicted octanol–water partition coefficient (Wildman–Crippen LogP) is 5.47. The van der Waals surface area contributed by atoms with Crippen molar-refractivity contribution < 1.29 is 17.9 Å². The van der Waals surface area contributed by atoms with E-state index in [0.717, 1.165) is 16.7 Å². The van der Waals surface area contributed by atoms with Crippen molar-refractivity contribution in [1.29, 1.82) is 0 Å². The third-order valence-electron chi connectivity index (χ3n) is 4.75. The quantitative estimate of drug-likeness (QED) is 0.477. The first-order chi connectivity index (χ1) is 15.0. The van der Waals surface area contributed by atoms with E-state index in [1.165, 1.54) is 24.3 Å². The molecule has 0 aliphatic heterocycles. The van der Waals surface area contributed by atoms with Crippen LogP contribution >= 0.6 is 11.6 Å². The normalized spacial score (nSPS) is 12.2. The minimum absolute atomic E-state index is 0.0643. The Morgan fingerprint density at radius 1 is 0.938 bits per heavy atom. The lowest BCUT2D eigenvalue weighted by Crippen LogP contribution is -2.30. The molecule has 6 nitrogen and oxygen atoms in total. The molecule has 32 heavy (non-hydrogen) atoms. The molecule has 3 aromatic carbocycles. The topological polar surface area (TPSA) is 84.5 Å². The fraction of sp³-hybridized carbons (Fsp3) is 0.208. The third kappa shape index (κ3) is 6.02. The van der Waals surface area contributed by atoms with Crippen LogP contribution in [0.1, 0.15) is 23.6 Å². The maximum absolute atomic E-state index is 12.7. The largest absolute Gasteiger partial charge is 0.481 e. The highest BCUT2D eigenvalue weighted by molar-refractivity contribution is 7.92. The van der Waals surface area contributed by atoms with E-state index in [1.54, 1.807) is 32.0 Å². The van der Waals surface area contributed by atoms with Gasteiger partial charge in [0.15, 0.2) is 6.10 Å². The first kappa shape index (κ1) is 23.6. The highest BCUT2D eigenvalue weighted by atomic mass is 35.5. The maximum atomic E-state index is 12.7. The Hall–Kier alpha value is -3.03. The van der Waals surface area contributed by atoms with Crippen molar-refractivity contribution in [3.05, 3.63) is 82.4 Å². The average Bonchev–Trinajstić information content (AvgIpc) is 2.70. The molecule has 0 aromatic heterocycles. The summed E-state index contributed by atoms with van der Waals surface area (Å²) in [5, 5.41) is 3.17. The summed E-state index contributed by atoms with van der Waals surface area (Å²) in [7, 11) is -3.81. The molecule has 0 spiro atoms. The van der Waals surface area contributed by atoms with Gasteiger partial charge in [-0.3, -0.25) is 9.52 Å². The van der Waals surface area contributed by atoms with E-state index in [2.05, 4.69) is 10.0 Å². The van der Waals surface area contributed by atoms with Crippen LogP contribution in [0.5, 0.6) is 5.75 Å². The highest BCUT2D eigenvalue weighted by Crippen LogP contribution is 2.24. The second-order valence-electron chi connectivity index (χ2n) is 7.66. The van der Waals surface area contributed by atoms with Crippen LogP contribution < -0.4 is 14.8 Å². The smallest absolute Gasteiger partial charge is 0.265 e. The molecule has 2 N–H and O–H groups in total. The Balaban J connectivity index is 1.66. The summed E-state index contributed by atoms with van der Waals surface area (Å²) in [5.74, 6) is 0.279. The van der Waals surface area contributed by atoms with Crippen molar-refractivity contribution in [1.82, 2.24) is 0 Å². The van der Waals surface area contributed by atoms with Gasteiger partial charge in [-0.25, -0.2) is 8.42 Å². The zero-order valence-corrected chi connectivity index (χ0v) is 19.8. The van der Waals surface area contributed by atoms with E-state index in [-0.39, 0.29) is 10.8 Å². The first-order valence-electron chi connectivity index (χ1n) is 9.98. The average molecular weight is 473 g/mol. The van der Waals surface area contributed by atoms with Crippen molar-refractivity contribution in [2.45, 2.75) is 38.7 Å². The van der Waals surface area contributed by atoms with Crippen LogP contribution in [0.25, 0.3) is 0 Å². The zero-order valence-electron chi connectivity index (χ0n) is 18.3. The number of hydrogen-bond donors (Lipinski definition) is 2. The summed E-state index contributed by atoms with van der Waals surface area (Å²) < 4.78 is 33.7. The van der Waals surface area contributed by atoms with Gasteiger partial charge >= 0.3 is 0 Å². The van der Waals surface area contributed by atoms with Crippen LogP contribution in [-0.2, 0) is 14.8 Å². The van der Waals surface area contributed by atoms with Crippen LogP contribution in [-0.4, -0.2) is 20.4 Å². The fourth-order valence-electron chi connectivity index (χ4n) is 3.13. The molecule has 0 heterocycles. The predicted molar refractivity (Wildman–Crippen MR) is 128 cm³/mol. The van der Waals surface area contributed by atoms with E-state index in [0.29, 0.717) is 22.1 Å². The summed E-state index contributed by atoms with van der Waals surface area (Å²) in [4.78, 5) is 12.6. The molecule has 0 aliphatic carbocycles. The highest BCUT2D eigenvalue weighted by Gasteiger charge is 2.18. The van der Waals surface area contributed by atoms with E-state index >= 15 is 0 Å². The number of carbonyl (C=O) groups is 1. The van der Waals surface area contributed by atoms with Crippen molar-refractivity contribution in [2.24, 2.45) is 0 Å². The first-order valence-corrected chi connectivity index (χ1v) is 11.8. The molecule has 3 aromatic rings. The molecule has 1 atom stereocenters. The van der Waals surface area contributed by atoms with Crippen molar-refractivity contribution in [3.8, 4) is 5.75 Å². The van der Waals surface area contributed by atoms with Gasteiger partial charge in [-0.2, -0.15) is 0 Å². The van der Waals surface area contributed by atoms with E-state index in [1.807, 2.05) is 32.0 Å². The van der Waals surface area contributed by atoms with Crippen molar-refractivity contribution in [2.75, 3.05) is 10.0 Å². The van der Waals surface area contributed by atoms with Crippen LogP contribution in [0.3, 0.4) is 0 Å². The number of anilines is 2. The SMILES string of the molecule is Cc1cc(C)cc(O[C@H](C)C(=O)Nc2ccc(S(=O)(=O)Nc3cc(Cl)ccc3C)cc2)c1. The van der Waals surface area contributed by atoms with Gasteiger partial charge in [0.25, 0.3) is 15.9 Å². The summed E-state index contributed by atoms with van der Waals surface area (Å²) in [5.41, 5.74) is 3.72. The van der Waals surface area contributed by atoms with Gasteiger partial charge in [0.1, 0.15) is 5.75 Å². The Morgan fingerprint density at radius 3 is 2.19 bits per heavy atom. The summed E-state index contributed by atoms with van der Waals surface area (Å²) in [6, 6.07) is 16.6. The number of rotatable bonds is 7. The standard InChI is InChI=1S/C24H25ClN2O4S/c1-15-11-16(2)13-21(12-15)31-18(4)24(28)26-20-7-9-22(10-8-20)32(29,30)27-23-14-19(25)6-5-17(23)3/h5-14,18,27H,1-4H3,(H,26,28)/t18-/m1/s1. The summed E-state index contributed by atoms with van der Waals surface area (Å²) in [6.45, 7) is 7.36. The maximum Gasteiger partial charge on any atom is 0.265 e. The number of halogens is 1. The van der Waals surface area contributed by atoms with E-state index in [9.17, 15) is 13.2 Å². The Morgan fingerprint density at radius 2 is 1.56 bits per heavy atom. The van der Waals surface area contributed by atoms with Gasteiger partial charge in [-0.05, 0) is 92.9 Å². The van der Waals surface area contributed by atoms with E-state index < -0.39 is 16.1 Å². The molecule has 0 fully saturated rings. The molecule has 0 aliphatic rings. The van der Waals surface area contributed by atoms with Crippen LogP contribution in [0.2, 0.25) is 5.02 Å². The van der Waals surface area contributed by atoms with Gasteiger partial charge in [0, 0.05) is 10.7 Å². The lowest BCUT2D eigenvalue weighted by Gasteiger charge is -2.16. The third-order valence-corrected chi connectivity index (χ3v) is 6.37. The molecule has 0 bridgehead atoms. The molecule has 1 amide bonds. The molecular formula is C24H25ClN2O4S. The van der Waals surface area contributed by atoms with Crippen LogP contribution in [0.4, 0.5) is 11.4 Å². The van der Waals surface area contributed by atoms with Gasteiger partial charge in [0.05, 0.1) is 10.6 Å². The molecule has 0 unspecified atom stereocenters. The lowest BCUT2D eigenvalue weighted by atomic mass is 10.1. The fourth-order valence-corrected chi connectivity index (χ4v) is 4.42. The van der Waals surface area contributed by atoms with Crippen LogP contribution in [0, 0.1) is 20.8 Å². The number of amides is 1. The molecular weight excluding hydrogens is 448 g/mol. The minimum Gasteiger partial charge on any atom is -0.481 e. The number of ether oxygens (including phenoxy) is 1. The zero-order chi connectivity index (χ0) is 23.5. The number of benzene rings is 3. The molecule has 8 heteroatoms. The van der Waals surface area contributed by atoms with Crippen molar-refractivity contribution in [3.63, 3.8) is 0 Å². The molecule has 0 saturated heterocycles.